The molecule has 4 aliphatic rings. The van der Waals surface area contributed by atoms with Crippen molar-refractivity contribution in [3.8, 4) is 0 Å². The quantitative estimate of drug-likeness (QED) is 0.748. The number of amides is 1. The van der Waals surface area contributed by atoms with Gasteiger partial charge in [0.05, 0.1) is 11.7 Å². The van der Waals surface area contributed by atoms with E-state index in [0.29, 0.717) is 5.82 Å². The minimum absolute atomic E-state index is 0.0113. The van der Waals surface area contributed by atoms with Crippen LogP contribution < -0.4 is 5.56 Å². The summed E-state index contributed by atoms with van der Waals surface area (Å²) in [6.07, 6.45) is 16.5. The third-order valence-corrected chi connectivity index (χ3v) is 7.88. The van der Waals surface area contributed by atoms with E-state index in [1.54, 1.807) is 0 Å². The molecule has 3 heterocycles. The Labute approximate surface area is 185 Å². The monoisotopic (exact) mass is 424 g/mol. The van der Waals surface area contributed by atoms with Crippen LogP contribution in [0.2, 0.25) is 0 Å². The van der Waals surface area contributed by atoms with Gasteiger partial charge in [-0.15, -0.1) is 0 Å². The van der Waals surface area contributed by atoms with E-state index in [9.17, 15) is 9.59 Å². The molecule has 2 atom stereocenters. The molecule has 0 bridgehead atoms. The molecule has 1 aromatic heterocycles. The summed E-state index contributed by atoms with van der Waals surface area (Å²) >= 11 is 0. The molecule has 1 aromatic rings. The first-order chi connectivity index (χ1) is 15.2. The van der Waals surface area contributed by atoms with E-state index in [4.69, 9.17) is 4.98 Å². The second-order valence-electron chi connectivity index (χ2n) is 10.0. The predicted molar refractivity (Wildman–Crippen MR) is 121 cm³/mol. The number of nitrogens with one attached hydrogen (secondary N) is 1. The van der Waals surface area contributed by atoms with Gasteiger partial charge in [0.15, 0.2) is 0 Å². The number of rotatable bonds is 4. The van der Waals surface area contributed by atoms with Crippen molar-refractivity contribution >= 4 is 5.91 Å². The van der Waals surface area contributed by atoms with Crippen LogP contribution in [-0.4, -0.2) is 45.3 Å². The highest BCUT2D eigenvalue weighted by atomic mass is 16.2. The van der Waals surface area contributed by atoms with E-state index in [0.717, 1.165) is 81.9 Å². The molecule has 1 saturated heterocycles. The highest BCUT2D eigenvalue weighted by Crippen LogP contribution is 2.34. The highest BCUT2D eigenvalue weighted by molar-refractivity contribution is 5.80. The van der Waals surface area contributed by atoms with Gasteiger partial charge in [0.1, 0.15) is 5.82 Å². The highest BCUT2D eigenvalue weighted by Gasteiger charge is 2.36. The number of hydrogen-bond acceptors (Lipinski definition) is 4. The SMILES string of the molecule is O=C([C@H]1CC=CCC1)N1CCC[C@H]1c1nc2c(c(=O)[nH]1)CCN(CC1CCCCC1)C2. The zero-order chi connectivity index (χ0) is 21.2. The molecule has 168 valence electrons. The first-order valence-electron chi connectivity index (χ1n) is 12.5. The molecule has 0 radical (unpaired) electrons. The summed E-state index contributed by atoms with van der Waals surface area (Å²) in [5.74, 6) is 1.83. The van der Waals surface area contributed by atoms with Gasteiger partial charge in [-0.1, -0.05) is 31.4 Å². The molecule has 0 aromatic carbocycles. The van der Waals surface area contributed by atoms with Crippen molar-refractivity contribution in [1.82, 2.24) is 19.8 Å². The normalized spacial score (nSPS) is 27.4. The molecular formula is C25H36N4O2. The van der Waals surface area contributed by atoms with E-state index >= 15 is 0 Å². The van der Waals surface area contributed by atoms with Crippen LogP contribution in [0.15, 0.2) is 16.9 Å². The van der Waals surface area contributed by atoms with Crippen molar-refractivity contribution in [3.05, 3.63) is 39.6 Å². The lowest BCUT2D eigenvalue weighted by Crippen LogP contribution is -2.40. The number of carbonyl (C=O) groups is 1. The summed E-state index contributed by atoms with van der Waals surface area (Å²) in [5, 5.41) is 0. The zero-order valence-corrected chi connectivity index (χ0v) is 18.7. The van der Waals surface area contributed by atoms with E-state index < -0.39 is 0 Å². The molecule has 2 aliphatic heterocycles. The topological polar surface area (TPSA) is 69.3 Å². The van der Waals surface area contributed by atoms with Gasteiger partial charge in [-0.2, -0.15) is 0 Å². The second-order valence-corrected chi connectivity index (χ2v) is 10.0. The molecule has 1 amide bonds. The minimum Gasteiger partial charge on any atom is -0.332 e. The predicted octanol–water partition coefficient (Wildman–Crippen LogP) is 3.73. The number of hydrogen-bond donors (Lipinski definition) is 1. The van der Waals surface area contributed by atoms with Crippen LogP contribution in [0.3, 0.4) is 0 Å². The number of likely N-dealkylation sites (tertiary alicyclic amines) is 1. The van der Waals surface area contributed by atoms with Gasteiger partial charge >= 0.3 is 0 Å². The number of aromatic nitrogens is 2. The van der Waals surface area contributed by atoms with Crippen LogP contribution in [0.4, 0.5) is 0 Å². The Hall–Kier alpha value is -1.95. The fraction of sp³-hybridized carbons (Fsp3) is 0.720. The fourth-order valence-corrected chi connectivity index (χ4v) is 6.13. The lowest BCUT2D eigenvalue weighted by atomic mass is 9.88. The lowest BCUT2D eigenvalue weighted by molar-refractivity contribution is -0.136. The Morgan fingerprint density at radius 3 is 2.74 bits per heavy atom. The van der Waals surface area contributed by atoms with Crippen molar-refractivity contribution in [3.63, 3.8) is 0 Å². The van der Waals surface area contributed by atoms with Crippen LogP contribution in [0.25, 0.3) is 0 Å². The smallest absolute Gasteiger partial charge is 0.254 e. The first-order valence-corrected chi connectivity index (χ1v) is 12.5. The van der Waals surface area contributed by atoms with Crippen molar-refractivity contribution in [1.29, 1.82) is 0 Å². The Kier molecular flexibility index (Phi) is 6.26. The second kappa shape index (κ2) is 9.27. The van der Waals surface area contributed by atoms with Gasteiger partial charge in [-0.3, -0.25) is 14.5 Å². The first kappa shape index (κ1) is 20.9. The number of aromatic amines is 1. The zero-order valence-electron chi connectivity index (χ0n) is 18.7. The molecule has 5 rings (SSSR count). The van der Waals surface area contributed by atoms with Gasteiger partial charge < -0.3 is 9.88 Å². The Morgan fingerprint density at radius 2 is 1.94 bits per heavy atom. The third-order valence-electron chi connectivity index (χ3n) is 7.88. The van der Waals surface area contributed by atoms with Gasteiger partial charge in [0.25, 0.3) is 5.56 Å². The molecule has 6 heteroatoms. The maximum absolute atomic E-state index is 13.2. The molecule has 2 fully saturated rings. The number of allylic oxidation sites excluding steroid dienone is 2. The van der Waals surface area contributed by atoms with Crippen molar-refractivity contribution in [2.45, 2.75) is 83.2 Å². The summed E-state index contributed by atoms with van der Waals surface area (Å²) in [7, 11) is 0. The summed E-state index contributed by atoms with van der Waals surface area (Å²) in [6, 6.07) is -0.0786. The molecule has 0 spiro atoms. The average molecular weight is 425 g/mol. The summed E-state index contributed by atoms with van der Waals surface area (Å²) < 4.78 is 0. The van der Waals surface area contributed by atoms with E-state index in [1.807, 2.05) is 4.90 Å². The van der Waals surface area contributed by atoms with Crippen LogP contribution in [0.1, 0.15) is 87.3 Å². The number of carbonyl (C=O) groups excluding carboxylic acids is 1. The molecular weight excluding hydrogens is 388 g/mol. The maximum Gasteiger partial charge on any atom is 0.254 e. The van der Waals surface area contributed by atoms with Crippen molar-refractivity contribution < 1.29 is 4.79 Å². The molecule has 6 nitrogen and oxygen atoms in total. The summed E-state index contributed by atoms with van der Waals surface area (Å²) in [4.78, 5) is 38.6. The van der Waals surface area contributed by atoms with Crippen molar-refractivity contribution in [2.24, 2.45) is 11.8 Å². The van der Waals surface area contributed by atoms with E-state index in [-0.39, 0.29) is 23.4 Å². The largest absolute Gasteiger partial charge is 0.332 e. The molecule has 0 unspecified atom stereocenters. The van der Waals surface area contributed by atoms with Crippen LogP contribution in [0, 0.1) is 11.8 Å². The molecule has 31 heavy (non-hydrogen) atoms. The fourth-order valence-electron chi connectivity index (χ4n) is 6.13. The van der Waals surface area contributed by atoms with E-state index in [1.165, 1.54) is 32.1 Å². The Balaban J connectivity index is 1.32. The third kappa shape index (κ3) is 4.50. The van der Waals surface area contributed by atoms with Gasteiger partial charge in [-0.05, 0) is 57.3 Å². The van der Waals surface area contributed by atoms with E-state index in [2.05, 4.69) is 22.0 Å². The van der Waals surface area contributed by atoms with Crippen LogP contribution >= 0.6 is 0 Å². The summed E-state index contributed by atoms with van der Waals surface area (Å²) in [5.41, 5.74) is 1.81. The molecule has 2 aliphatic carbocycles. The minimum atomic E-state index is -0.0786. The number of fused-ring (bicyclic) bond motifs is 1. The molecule has 1 N–H and O–H groups in total. The average Bonchev–Trinajstić information content (AvgIpc) is 3.29. The van der Waals surface area contributed by atoms with Gasteiger partial charge in [-0.25, -0.2) is 4.98 Å². The van der Waals surface area contributed by atoms with Crippen LogP contribution in [0.5, 0.6) is 0 Å². The lowest BCUT2D eigenvalue weighted by Gasteiger charge is -2.33. The molecule has 1 saturated carbocycles. The standard InChI is InChI=1S/C25H36N4O2/c30-24-20-13-15-28(16-18-8-3-1-4-9-18)17-21(20)26-23(27-24)22-12-7-14-29(22)25(31)19-10-5-2-6-11-19/h2,5,18-19,22H,1,3-4,6-17H2,(H,26,27,30)/t19-,22-/m0/s1. The van der Waals surface area contributed by atoms with Gasteiger partial charge in [0, 0.05) is 37.7 Å². The van der Waals surface area contributed by atoms with Crippen molar-refractivity contribution in [2.75, 3.05) is 19.6 Å². The number of nitrogens with zero attached hydrogens (tertiary/aromatic N) is 3. The number of H-pyrrole nitrogens is 1. The van der Waals surface area contributed by atoms with Gasteiger partial charge in [0.2, 0.25) is 5.91 Å². The maximum atomic E-state index is 13.2. The van der Waals surface area contributed by atoms with Crippen LogP contribution in [-0.2, 0) is 17.8 Å². The Morgan fingerprint density at radius 1 is 1.06 bits per heavy atom. The summed E-state index contributed by atoms with van der Waals surface area (Å²) in [6.45, 7) is 3.64. The Bertz CT molecular complexity index is 886.